The predicted octanol–water partition coefficient (Wildman–Crippen LogP) is 5.70. The molecule has 1 aliphatic heterocycles. The number of fused-ring (bicyclic) bond motifs is 2. The fraction of sp³-hybridized carbons (Fsp3) is 0.269. The maximum Gasteiger partial charge on any atom is 0.563 e. The van der Waals surface area contributed by atoms with Gasteiger partial charge in [-0.15, -0.1) is 11.3 Å². The topological polar surface area (TPSA) is 49.7 Å². The van der Waals surface area contributed by atoms with Crippen LogP contribution in [0, 0.1) is 0 Å². The molecule has 0 spiro atoms. The number of benzene rings is 2. The van der Waals surface area contributed by atoms with E-state index in [2.05, 4.69) is 22.6 Å². The molecule has 8 heteroatoms. The first-order valence-electron chi connectivity index (χ1n) is 11.2. The number of carbonyl (C=O) groups excluding carboxylic acids is 1. The van der Waals surface area contributed by atoms with Gasteiger partial charge in [-0.1, -0.05) is 30.3 Å². The van der Waals surface area contributed by atoms with E-state index in [1.54, 1.807) is 11.3 Å². The van der Waals surface area contributed by atoms with Crippen molar-refractivity contribution < 1.29 is 18.8 Å². The van der Waals surface area contributed by atoms with Gasteiger partial charge in [0.1, 0.15) is 5.60 Å². The van der Waals surface area contributed by atoms with E-state index in [0.717, 1.165) is 27.3 Å². The molecule has 1 fully saturated rings. The van der Waals surface area contributed by atoms with E-state index >= 15 is 0 Å². The molecule has 0 atom stereocenters. The van der Waals surface area contributed by atoms with Gasteiger partial charge in [0.25, 0.3) is 0 Å². The van der Waals surface area contributed by atoms with Gasteiger partial charge in [0.2, 0.25) is 0 Å². The molecule has 0 amide bonds. The fourth-order valence-electron chi connectivity index (χ4n) is 4.30. The van der Waals surface area contributed by atoms with Crippen LogP contribution in [0.1, 0.15) is 31.9 Å². The Morgan fingerprint density at radius 1 is 1.21 bits per heavy atom. The average molecular weight is 494 g/mol. The molecule has 174 valence electrons. The highest BCUT2D eigenvalue weighted by Crippen LogP contribution is 2.32. The van der Waals surface area contributed by atoms with Gasteiger partial charge >= 0.3 is 13.1 Å². The normalized spacial score (nSPS) is 15.3. The number of thiophene rings is 1. The molecule has 0 bridgehead atoms. The zero-order valence-corrected chi connectivity index (χ0v) is 21.0. The number of halogens is 1. The van der Waals surface area contributed by atoms with Gasteiger partial charge in [0, 0.05) is 33.4 Å². The first kappa shape index (κ1) is 23.0. The van der Waals surface area contributed by atoms with Crippen molar-refractivity contribution >= 4 is 62.5 Å². The molecule has 0 aliphatic carbocycles. The molecule has 4 aromatic rings. The van der Waals surface area contributed by atoms with E-state index in [4.69, 9.17) is 25.6 Å². The number of hydrogen-bond donors (Lipinski definition) is 0. The monoisotopic (exact) mass is 493 g/mol. The summed E-state index contributed by atoms with van der Waals surface area (Å²) in [6, 6.07) is 12.1. The molecule has 34 heavy (non-hydrogen) atoms. The molecule has 0 unspecified atom stereocenters. The second-order valence-corrected chi connectivity index (χ2v) is 10.3. The van der Waals surface area contributed by atoms with Crippen molar-refractivity contribution in [3.63, 3.8) is 0 Å². The minimum absolute atomic E-state index is 0.215. The van der Waals surface area contributed by atoms with Crippen molar-refractivity contribution in [1.82, 2.24) is 4.57 Å². The van der Waals surface area contributed by atoms with E-state index in [1.807, 2.05) is 57.3 Å². The number of carbonyl (C=O) groups is 1. The van der Waals surface area contributed by atoms with Gasteiger partial charge in [-0.3, -0.25) is 4.79 Å². The lowest BCUT2D eigenvalue weighted by molar-refractivity contribution is -0.142. The van der Waals surface area contributed by atoms with Crippen LogP contribution >= 0.6 is 22.9 Å². The maximum absolute atomic E-state index is 12.3. The van der Waals surface area contributed by atoms with E-state index in [9.17, 15) is 4.79 Å². The fourth-order valence-corrected chi connectivity index (χ4v) is 5.40. The third-order valence-electron chi connectivity index (χ3n) is 6.18. The van der Waals surface area contributed by atoms with Crippen LogP contribution in [0.25, 0.3) is 21.0 Å². The minimum Gasteiger partial charge on any atom is -0.534 e. The average Bonchev–Trinajstić information content (AvgIpc) is 3.42. The molecule has 0 saturated carbocycles. The Morgan fingerprint density at radius 3 is 2.76 bits per heavy atom. The summed E-state index contributed by atoms with van der Waals surface area (Å²) in [5.74, 6) is 0.372. The molecule has 1 saturated heterocycles. The van der Waals surface area contributed by atoms with Crippen molar-refractivity contribution in [2.45, 2.75) is 39.3 Å². The lowest BCUT2D eigenvalue weighted by atomic mass is 9.79. The van der Waals surface area contributed by atoms with Gasteiger partial charge in [0.05, 0.1) is 18.8 Å². The van der Waals surface area contributed by atoms with Crippen LogP contribution in [0.4, 0.5) is 0 Å². The largest absolute Gasteiger partial charge is 0.563 e. The van der Waals surface area contributed by atoms with Crippen LogP contribution in [-0.2, 0) is 31.8 Å². The van der Waals surface area contributed by atoms with Crippen LogP contribution in [0.15, 0.2) is 60.3 Å². The molecule has 0 N–H and O–H groups in total. The minimum atomic E-state index is -0.550. The van der Waals surface area contributed by atoms with Crippen molar-refractivity contribution in [1.29, 1.82) is 0 Å². The van der Waals surface area contributed by atoms with Crippen LogP contribution < -0.4 is 5.46 Å². The molecule has 2 aromatic carbocycles. The third-order valence-corrected chi connectivity index (χ3v) is 7.43. The Bertz CT molecular complexity index is 1420. The highest BCUT2D eigenvalue weighted by atomic mass is 35.5. The van der Waals surface area contributed by atoms with Gasteiger partial charge < -0.3 is 18.6 Å². The molecular weight excluding hydrogens is 469 g/mol. The summed E-state index contributed by atoms with van der Waals surface area (Å²) in [7, 11) is -0.524. The lowest BCUT2D eigenvalue weighted by Crippen LogP contribution is -2.34. The molecule has 3 heterocycles. The Morgan fingerprint density at radius 2 is 2.03 bits per heavy atom. The van der Waals surface area contributed by atoms with Crippen LogP contribution in [0.3, 0.4) is 0 Å². The van der Waals surface area contributed by atoms with Crippen molar-refractivity contribution in [3.05, 3.63) is 76.5 Å². The zero-order chi connectivity index (χ0) is 24.0. The zero-order valence-electron chi connectivity index (χ0n) is 19.4. The highest BCUT2D eigenvalue weighted by Gasteiger charge is 2.42. The van der Waals surface area contributed by atoms with Gasteiger partial charge in [0.15, 0.2) is 0 Å². The number of hydrogen-bond acceptors (Lipinski definition) is 5. The first-order chi connectivity index (χ1) is 16.2. The summed E-state index contributed by atoms with van der Waals surface area (Å²) in [5.41, 5.74) is 3.46. The second kappa shape index (κ2) is 8.80. The Kier molecular flexibility index (Phi) is 5.96. The first-order valence-corrected chi connectivity index (χ1v) is 12.5. The molecule has 5 rings (SSSR count). The summed E-state index contributed by atoms with van der Waals surface area (Å²) in [4.78, 5) is 12.3. The molecule has 2 aromatic heterocycles. The number of ether oxygens (including phenoxy) is 1. The van der Waals surface area contributed by atoms with E-state index in [0.29, 0.717) is 23.9 Å². The molecule has 5 nitrogen and oxygen atoms in total. The van der Waals surface area contributed by atoms with Crippen LogP contribution in [0.5, 0.6) is 0 Å². The number of rotatable bonds is 6. The van der Waals surface area contributed by atoms with E-state index in [1.165, 1.54) is 10.3 Å². The summed E-state index contributed by atoms with van der Waals surface area (Å²) >= 11 is 7.98. The molecule has 0 radical (unpaired) electrons. The summed E-state index contributed by atoms with van der Waals surface area (Å²) in [6.45, 7) is 10.7. The quantitative estimate of drug-likeness (QED) is 0.255. The SMILES string of the molecule is C=C1OB(c2ccc3c(CC(=O)OCC)cn(Cc4csc5ccc(Cl)cc45)c3c2)OC1(C)C. The van der Waals surface area contributed by atoms with E-state index in [-0.39, 0.29) is 12.4 Å². The van der Waals surface area contributed by atoms with Crippen LogP contribution in [-0.4, -0.2) is 29.9 Å². The van der Waals surface area contributed by atoms with Gasteiger partial charge in [-0.05, 0) is 72.4 Å². The van der Waals surface area contributed by atoms with Gasteiger partial charge in [-0.25, -0.2) is 0 Å². The van der Waals surface area contributed by atoms with Crippen molar-refractivity contribution in [3.8, 4) is 0 Å². The second-order valence-electron chi connectivity index (χ2n) is 8.94. The Balaban J connectivity index is 1.57. The number of esters is 1. The van der Waals surface area contributed by atoms with E-state index < -0.39 is 12.7 Å². The lowest BCUT2D eigenvalue weighted by Gasteiger charge is -2.15. The van der Waals surface area contributed by atoms with Crippen LogP contribution in [0.2, 0.25) is 5.02 Å². The molecular formula is C26H25BClNO4S. The summed E-state index contributed by atoms with van der Waals surface area (Å²) < 4.78 is 20.6. The summed E-state index contributed by atoms with van der Waals surface area (Å²) in [5, 5.41) is 5.03. The third kappa shape index (κ3) is 4.24. The predicted molar refractivity (Wildman–Crippen MR) is 139 cm³/mol. The number of aromatic nitrogens is 1. The van der Waals surface area contributed by atoms with Crippen molar-refractivity contribution in [2.24, 2.45) is 0 Å². The van der Waals surface area contributed by atoms with Crippen molar-refractivity contribution in [2.75, 3.05) is 6.61 Å². The summed E-state index contributed by atoms with van der Waals surface area (Å²) in [6.07, 6.45) is 2.26. The maximum atomic E-state index is 12.3. The number of nitrogens with zero attached hydrogens (tertiary/aromatic N) is 1. The molecule has 1 aliphatic rings. The smallest absolute Gasteiger partial charge is 0.534 e. The standard InChI is InChI=1S/C26H25BClNO4S/c1-5-31-25(30)10-17-13-29(14-18-15-34-24-9-7-20(28)12-22(18)24)23-11-19(6-8-21(17)23)27-32-16(2)26(3,4)33-27/h6-9,11-13,15H,2,5,10,14H2,1,3-4H3. The highest BCUT2D eigenvalue weighted by molar-refractivity contribution is 7.17. The Labute approximate surface area is 208 Å². The van der Waals surface area contributed by atoms with Gasteiger partial charge in [-0.2, -0.15) is 0 Å². The Hall–Kier alpha value is -2.74.